The number of cyclic esters (lactones) is 8. The monoisotopic (exact) mass is 1690 g/mol. The molecule has 0 bridgehead atoms. The second kappa shape index (κ2) is 37.1. The summed E-state index contributed by atoms with van der Waals surface area (Å²) in [5.74, 6) is 6.76. The minimum Gasteiger partial charge on any atom is -0.465 e. The molecule has 0 aromatic heterocycles. The highest BCUT2D eigenvalue weighted by atomic mass is 16.6. The van der Waals surface area contributed by atoms with E-state index in [2.05, 4.69) is 180 Å². The number of hydrogen-bond acceptors (Lipinski definition) is 20. The second-order valence-electron chi connectivity index (χ2n) is 42.7. The fourth-order valence-corrected chi connectivity index (χ4v) is 28.4. The fourth-order valence-electron chi connectivity index (χ4n) is 28.4. The molecule has 32 atom stereocenters. The first-order valence-electron chi connectivity index (χ1n) is 48.3. The molecule has 0 aromatic rings. The Morgan fingerprint density at radius 1 is 0.267 bits per heavy atom. The maximum absolute atomic E-state index is 12.4. The van der Waals surface area contributed by atoms with E-state index < -0.39 is 16.4 Å². The Balaban J connectivity index is 0.000000156. The maximum atomic E-state index is 12.4. The molecular formula is C100H168O20. The summed E-state index contributed by atoms with van der Waals surface area (Å²) in [5.41, 5.74) is -3.15. The summed E-state index contributed by atoms with van der Waals surface area (Å²) in [5, 5.41) is 0. The van der Waals surface area contributed by atoms with Crippen LogP contribution in [0.3, 0.4) is 0 Å². The first kappa shape index (κ1) is 99.4. The van der Waals surface area contributed by atoms with Gasteiger partial charge in [0.15, 0.2) is 0 Å². The third-order valence-corrected chi connectivity index (χ3v) is 37.1. The van der Waals surface area contributed by atoms with Gasteiger partial charge in [-0.1, -0.05) is 190 Å². The van der Waals surface area contributed by atoms with Crippen LogP contribution in [0.5, 0.6) is 0 Å². The topological polar surface area (TPSA) is 247 Å². The molecule has 16 fully saturated rings. The molecule has 120 heavy (non-hydrogen) atoms. The molecule has 32 unspecified atom stereocenters. The van der Waals surface area contributed by atoms with Crippen LogP contribution in [0.15, 0.2) is 0 Å². The Kier molecular flexibility index (Phi) is 30.7. The smallest absolute Gasteiger partial charge is 0.315 e. The van der Waals surface area contributed by atoms with Crippen LogP contribution in [0.2, 0.25) is 0 Å². The normalized spacial score (nSPS) is 46.0. The average Bonchev–Trinajstić information content (AvgIpc) is 1.52. The van der Waals surface area contributed by atoms with Crippen LogP contribution in [0.25, 0.3) is 0 Å². The SMILES string of the molecule is CCC1CC(CC)C2(C)C(=O)OCC12C.CCC1CC(CC)C2(C)C(C)(C)OC(=O)C12C.CCC1CC(CC)C2C(=O)OCC12.CCC1CC(CC)C2C1C(=O)OC2(C)C.CCC1OC(CC)C2(C)C(=O)OCC12C.CCC1OC(CC)C2(C)C(C)(C)OC(=O)C12C.CCC1OC(CC)C2C(=O)OCC12.CCC1OC(CC)C2C1C(=O)OC2(C)C. The number of esters is 8. The number of hydrogen-bond donors (Lipinski definition) is 0. The predicted molar refractivity (Wildman–Crippen MR) is 463 cm³/mol. The number of ether oxygens (including phenoxy) is 12. The third-order valence-electron chi connectivity index (χ3n) is 37.1. The van der Waals surface area contributed by atoms with Crippen LogP contribution in [0, 0.1) is 138 Å². The molecule has 0 spiro atoms. The lowest BCUT2D eigenvalue weighted by molar-refractivity contribution is -0.160. The summed E-state index contributed by atoms with van der Waals surface area (Å²) < 4.78 is 67.1. The van der Waals surface area contributed by atoms with Crippen molar-refractivity contribution >= 4 is 47.8 Å². The van der Waals surface area contributed by atoms with Gasteiger partial charge in [0.25, 0.3) is 0 Å². The van der Waals surface area contributed by atoms with Crippen molar-refractivity contribution in [2.45, 2.75) is 421 Å². The van der Waals surface area contributed by atoms with Crippen molar-refractivity contribution in [3.63, 3.8) is 0 Å². The Labute approximate surface area is 724 Å². The Morgan fingerprint density at radius 3 is 1.17 bits per heavy atom. The van der Waals surface area contributed by atoms with Crippen molar-refractivity contribution in [1.82, 2.24) is 0 Å². The lowest BCUT2D eigenvalue weighted by Gasteiger charge is -2.44. The van der Waals surface area contributed by atoms with E-state index in [4.69, 9.17) is 56.8 Å². The van der Waals surface area contributed by atoms with Crippen LogP contribution in [0.4, 0.5) is 0 Å². The Hall–Kier alpha value is -4.40. The lowest BCUT2D eigenvalue weighted by atomic mass is 9.56. The highest BCUT2D eigenvalue weighted by Gasteiger charge is 2.78. The van der Waals surface area contributed by atoms with Crippen molar-refractivity contribution in [2.24, 2.45) is 138 Å². The molecule has 12 heterocycles. The van der Waals surface area contributed by atoms with Crippen LogP contribution in [0.1, 0.15) is 350 Å². The van der Waals surface area contributed by atoms with Crippen molar-refractivity contribution in [3.05, 3.63) is 0 Å². The molecule has 20 heteroatoms. The van der Waals surface area contributed by atoms with Gasteiger partial charge in [0.1, 0.15) is 39.8 Å². The Morgan fingerprint density at radius 2 is 0.667 bits per heavy atom. The first-order valence-corrected chi connectivity index (χ1v) is 48.3. The number of fused-ring (bicyclic) bond motifs is 8. The largest absolute Gasteiger partial charge is 0.465 e. The minimum absolute atomic E-state index is 0.0162. The molecule has 12 aliphatic heterocycles. The zero-order valence-electron chi connectivity index (χ0n) is 81.0. The minimum atomic E-state index is -0.508. The third kappa shape index (κ3) is 15.6. The van der Waals surface area contributed by atoms with Gasteiger partial charge in [0, 0.05) is 39.9 Å². The second-order valence-corrected chi connectivity index (χ2v) is 42.7. The van der Waals surface area contributed by atoms with E-state index in [1.54, 1.807) is 0 Å². The highest BCUT2D eigenvalue weighted by molar-refractivity contribution is 5.84. The van der Waals surface area contributed by atoms with Gasteiger partial charge in [-0.15, -0.1) is 0 Å². The van der Waals surface area contributed by atoms with E-state index in [9.17, 15) is 38.4 Å². The first-order chi connectivity index (χ1) is 56.1. The van der Waals surface area contributed by atoms with Gasteiger partial charge in [0.2, 0.25) is 0 Å². The number of carbonyl (C=O) groups excluding carboxylic acids is 8. The zero-order valence-corrected chi connectivity index (χ0v) is 81.0. The van der Waals surface area contributed by atoms with Gasteiger partial charge in [-0.05, 0) is 207 Å². The van der Waals surface area contributed by atoms with Crippen molar-refractivity contribution in [3.8, 4) is 0 Å². The lowest BCUT2D eigenvalue weighted by Crippen LogP contribution is -2.51. The maximum Gasteiger partial charge on any atom is 0.315 e. The van der Waals surface area contributed by atoms with E-state index in [-0.39, 0.29) is 175 Å². The summed E-state index contributed by atoms with van der Waals surface area (Å²) in [6.45, 7) is 70.3. The highest BCUT2D eigenvalue weighted by Crippen LogP contribution is 2.72. The molecule has 12 saturated heterocycles. The van der Waals surface area contributed by atoms with Crippen LogP contribution >= 0.6 is 0 Å². The summed E-state index contributed by atoms with van der Waals surface area (Å²) in [7, 11) is 0. The molecule has 4 aliphatic carbocycles. The summed E-state index contributed by atoms with van der Waals surface area (Å²) in [6, 6.07) is 0. The summed E-state index contributed by atoms with van der Waals surface area (Å²) in [6.07, 6.45) is 22.1. The van der Waals surface area contributed by atoms with Gasteiger partial charge in [-0.25, -0.2) is 0 Å². The van der Waals surface area contributed by atoms with Crippen molar-refractivity contribution in [1.29, 1.82) is 0 Å². The molecule has 20 nitrogen and oxygen atoms in total. The van der Waals surface area contributed by atoms with Crippen molar-refractivity contribution < 1.29 is 95.2 Å². The Bertz CT molecular complexity index is 3370. The summed E-state index contributed by atoms with van der Waals surface area (Å²) >= 11 is 0. The number of carbonyl (C=O) groups is 8. The van der Waals surface area contributed by atoms with Crippen LogP contribution < -0.4 is 0 Å². The molecule has 4 saturated carbocycles. The molecular weight excluding hydrogens is 1520 g/mol. The quantitative estimate of drug-likeness (QED) is 0.103. The molecule has 0 N–H and O–H groups in total. The average molecular weight is 1690 g/mol. The van der Waals surface area contributed by atoms with Gasteiger partial charge >= 0.3 is 47.8 Å². The molecule has 16 rings (SSSR count). The fraction of sp³-hybridized carbons (Fsp3) is 0.920. The zero-order chi connectivity index (χ0) is 89.9. The van der Waals surface area contributed by atoms with E-state index in [1.165, 1.54) is 44.9 Å². The van der Waals surface area contributed by atoms with Crippen molar-refractivity contribution in [2.75, 3.05) is 26.4 Å². The molecule has 0 radical (unpaired) electrons. The molecule has 0 amide bonds. The molecule has 688 valence electrons. The van der Waals surface area contributed by atoms with E-state index in [1.807, 2.05) is 41.5 Å². The van der Waals surface area contributed by atoms with Crippen LogP contribution in [-0.4, -0.2) is 145 Å². The summed E-state index contributed by atoms with van der Waals surface area (Å²) in [4.78, 5) is 95.2. The van der Waals surface area contributed by atoms with Gasteiger partial charge in [-0.3, -0.25) is 38.4 Å². The van der Waals surface area contributed by atoms with Gasteiger partial charge in [-0.2, -0.15) is 0 Å². The number of rotatable bonds is 16. The molecule has 16 aliphatic rings. The van der Waals surface area contributed by atoms with E-state index in [0.29, 0.717) is 85.6 Å². The van der Waals surface area contributed by atoms with Gasteiger partial charge < -0.3 is 56.8 Å². The van der Waals surface area contributed by atoms with E-state index in [0.717, 1.165) is 89.4 Å². The predicted octanol–water partition coefficient (Wildman–Crippen LogP) is 20.6. The molecule has 0 aromatic carbocycles. The van der Waals surface area contributed by atoms with E-state index >= 15 is 0 Å². The standard InChI is InChI=1S/C15H26O2.C14H24O3.2C13H22O2.2C12H20O3.C11H18O2.C10H16O3/c1-7-10-9-11(8-2)15(6)13(3,4)17-12(16)14(10,15)5;1-7-9-13(5)11(15)17-12(3,4)14(13,6)10(8-2)16-9;1-5-9-7-10(6-2)13(4)11(14)15-8-12(9,13)3;1-5-8-7-9(6-2)11-10(8)12(14)15-13(11,3)4;1-5-8-11(3)7-14-10(13)12(11,4)9(6-2)15-8;1-5-7-9-10(8(6-2)14-7)12(3,4)15-11(9)13;1-3-7-5-8(4-2)10-9(7)6-13-11(10)12;1-3-7-6-5-12-10(11)9(6)8(4-2)13-7/h10-11H,7-9H2,1-6H3;9-10H,7-8H2,1-6H3;9-10H,5-8H2,1-4H3;8-11H,5-7H2,1-4H3;8-9H,5-7H2,1-4H3;7-10H,5-6H2,1-4H3;7-10H,3-6H2,1-2H3;6-9H,3-5H2,1-2H3. The van der Waals surface area contributed by atoms with Crippen LogP contribution in [-0.2, 0) is 95.2 Å². The van der Waals surface area contributed by atoms with Gasteiger partial charge in [0.05, 0.1) is 109 Å².